The zero-order valence-corrected chi connectivity index (χ0v) is 17.4. The van der Waals surface area contributed by atoms with Crippen LogP contribution in [0.25, 0.3) is 0 Å². The maximum atomic E-state index is 12.3. The number of hydrogen-bond donors (Lipinski definition) is 3. The molecule has 0 fully saturated rings. The molecule has 3 aromatic rings. The number of carboxylic acids is 1. The van der Waals surface area contributed by atoms with Crippen molar-refractivity contribution in [1.29, 1.82) is 0 Å². The molecule has 0 unspecified atom stereocenters. The zero-order valence-electron chi connectivity index (χ0n) is 17.4. The van der Waals surface area contributed by atoms with Crippen LogP contribution < -0.4 is 15.8 Å². The average molecular weight is 432 g/mol. The summed E-state index contributed by atoms with van der Waals surface area (Å²) in [6.07, 6.45) is 0.0272. The fraction of sp³-hybridized carbons (Fsp3) is 0.160. The summed E-state index contributed by atoms with van der Waals surface area (Å²) in [4.78, 5) is 36.3. The fourth-order valence-corrected chi connectivity index (χ4v) is 3.05. The summed E-state index contributed by atoms with van der Waals surface area (Å²) in [5.41, 5.74) is 8.23. The van der Waals surface area contributed by atoms with Crippen molar-refractivity contribution in [2.45, 2.75) is 25.6 Å². The molecule has 0 spiro atoms. The normalized spacial score (nSPS) is 11.4. The first-order chi connectivity index (χ1) is 15.5. The topological polar surface area (TPSA) is 119 Å². The van der Waals surface area contributed by atoms with Crippen molar-refractivity contribution in [3.05, 3.63) is 101 Å². The van der Waals surface area contributed by atoms with Gasteiger partial charge in [-0.05, 0) is 28.8 Å². The summed E-state index contributed by atoms with van der Waals surface area (Å²) in [5.74, 6) is -2.36. The van der Waals surface area contributed by atoms with Gasteiger partial charge in [-0.1, -0.05) is 66.7 Å². The van der Waals surface area contributed by atoms with Crippen LogP contribution in [-0.2, 0) is 29.2 Å². The lowest BCUT2D eigenvalue weighted by Crippen LogP contribution is -2.45. The fourth-order valence-electron chi connectivity index (χ4n) is 3.05. The van der Waals surface area contributed by atoms with Gasteiger partial charge in [-0.15, -0.1) is 0 Å². The third-order valence-electron chi connectivity index (χ3n) is 4.87. The second-order valence-corrected chi connectivity index (χ2v) is 7.22. The maximum absolute atomic E-state index is 12.3. The Morgan fingerprint density at radius 1 is 0.844 bits per heavy atom. The van der Waals surface area contributed by atoms with Gasteiger partial charge in [0, 0.05) is 18.5 Å². The molecule has 3 rings (SSSR count). The Kier molecular flexibility index (Phi) is 7.72. The van der Waals surface area contributed by atoms with Crippen molar-refractivity contribution in [1.82, 2.24) is 5.32 Å². The molecule has 0 aliphatic carbocycles. The Hall–Kier alpha value is -3.97. The molecule has 0 bridgehead atoms. The highest BCUT2D eigenvalue weighted by atomic mass is 16.5. The molecule has 0 saturated carbocycles. The predicted octanol–water partition coefficient (Wildman–Crippen LogP) is 2.72. The third kappa shape index (κ3) is 6.26. The first-order valence-electron chi connectivity index (χ1n) is 10.1. The summed E-state index contributed by atoms with van der Waals surface area (Å²) in [6, 6.07) is 21.7. The van der Waals surface area contributed by atoms with Gasteiger partial charge < -0.3 is 20.9 Å². The second kappa shape index (κ2) is 10.9. The van der Waals surface area contributed by atoms with Crippen LogP contribution in [-0.4, -0.2) is 28.8 Å². The minimum absolute atomic E-state index is 0.0272. The number of nitrogens with one attached hydrogen (secondary N) is 1. The van der Waals surface area contributed by atoms with Crippen molar-refractivity contribution in [3.8, 4) is 5.75 Å². The lowest BCUT2D eigenvalue weighted by Gasteiger charge is -2.15. The molecule has 0 radical (unpaired) electrons. The number of carboxylic acid groups (broad SMARTS) is 1. The van der Waals surface area contributed by atoms with E-state index >= 15 is 0 Å². The number of nitrogens with two attached hydrogens (primary N) is 1. The van der Waals surface area contributed by atoms with Crippen LogP contribution in [0.2, 0.25) is 0 Å². The van der Waals surface area contributed by atoms with Gasteiger partial charge in [0.1, 0.15) is 18.4 Å². The predicted molar refractivity (Wildman–Crippen MR) is 119 cm³/mol. The second-order valence-electron chi connectivity index (χ2n) is 7.22. The summed E-state index contributed by atoms with van der Waals surface area (Å²) in [6.45, 7) is 0.736. The standard InChI is InChI=1S/C25H24N2O5/c26-15-18-6-10-20(11-7-18)23(28)24(29)27-22(25(30)31)14-17-8-12-21(13-9-17)32-16-19-4-2-1-3-5-19/h1-13,22H,14-16,26H2,(H,27,29)(H,30,31)/t22-/m0/s1. The quantitative estimate of drug-likeness (QED) is 0.335. The number of ether oxygens (including phenoxy) is 1. The Labute approximate surface area is 185 Å². The van der Waals surface area contributed by atoms with Crippen LogP contribution in [0.5, 0.6) is 5.75 Å². The molecule has 1 amide bonds. The van der Waals surface area contributed by atoms with E-state index in [-0.39, 0.29) is 12.0 Å². The summed E-state index contributed by atoms with van der Waals surface area (Å²) < 4.78 is 5.72. The van der Waals surface area contributed by atoms with Crippen molar-refractivity contribution in [3.63, 3.8) is 0 Å². The van der Waals surface area contributed by atoms with Gasteiger partial charge in [0.25, 0.3) is 5.91 Å². The molecule has 7 heteroatoms. The van der Waals surface area contributed by atoms with E-state index in [1.807, 2.05) is 30.3 Å². The molecule has 0 aliphatic rings. The molecular formula is C25H24N2O5. The molecule has 7 nitrogen and oxygen atoms in total. The SMILES string of the molecule is NCc1ccc(C(=O)C(=O)N[C@@H](Cc2ccc(OCc3ccccc3)cc2)C(=O)O)cc1. The summed E-state index contributed by atoms with van der Waals surface area (Å²) >= 11 is 0. The Morgan fingerprint density at radius 2 is 1.47 bits per heavy atom. The minimum atomic E-state index is -1.24. The Balaban J connectivity index is 1.58. The van der Waals surface area contributed by atoms with E-state index in [0.29, 0.717) is 24.5 Å². The molecule has 0 heterocycles. The van der Waals surface area contributed by atoms with Gasteiger partial charge in [-0.2, -0.15) is 0 Å². The average Bonchev–Trinajstić information content (AvgIpc) is 2.83. The van der Waals surface area contributed by atoms with E-state index in [0.717, 1.165) is 11.1 Å². The van der Waals surface area contributed by atoms with Crippen molar-refractivity contribution in [2.24, 2.45) is 5.73 Å². The van der Waals surface area contributed by atoms with E-state index in [4.69, 9.17) is 10.5 Å². The van der Waals surface area contributed by atoms with E-state index in [2.05, 4.69) is 5.32 Å². The highest BCUT2D eigenvalue weighted by Gasteiger charge is 2.25. The highest BCUT2D eigenvalue weighted by Crippen LogP contribution is 2.16. The molecule has 0 aliphatic heterocycles. The van der Waals surface area contributed by atoms with Crippen LogP contribution in [0.3, 0.4) is 0 Å². The molecule has 32 heavy (non-hydrogen) atoms. The highest BCUT2D eigenvalue weighted by molar-refractivity contribution is 6.43. The van der Waals surface area contributed by atoms with Gasteiger partial charge in [0.2, 0.25) is 5.78 Å². The van der Waals surface area contributed by atoms with E-state index < -0.39 is 23.7 Å². The maximum Gasteiger partial charge on any atom is 0.326 e. The number of aliphatic carboxylic acids is 1. The smallest absolute Gasteiger partial charge is 0.326 e. The van der Waals surface area contributed by atoms with E-state index in [1.54, 1.807) is 36.4 Å². The molecule has 164 valence electrons. The lowest BCUT2D eigenvalue weighted by atomic mass is 10.0. The molecular weight excluding hydrogens is 408 g/mol. The first-order valence-corrected chi connectivity index (χ1v) is 10.1. The van der Waals surface area contributed by atoms with E-state index in [9.17, 15) is 19.5 Å². The first kappa shape index (κ1) is 22.7. The van der Waals surface area contributed by atoms with Gasteiger partial charge in [-0.3, -0.25) is 9.59 Å². The number of ketones is 1. The van der Waals surface area contributed by atoms with Crippen LogP contribution in [0, 0.1) is 0 Å². The number of Topliss-reactive ketones (excluding diaryl/α,β-unsaturated/α-hetero) is 1. The largest absolute Gasteiger partial charge is 0.489 e. The number of rotatable bonds is 10. The molecule has 4 N–H and O–H groups in total. The monoisotopic (exact) mass is 432 g/mol. The van der Waals surface area contributed by atoms with Gasteiger partial charge >= 0.3 is 5.97 Å². The summed E-state index contributed by atoms with van der Waals surface area (Å²) in [7, 11) is 0. The van der Waals surface area contributed by atoms with Crippen LogP contribution >= 0.6 is 0 Å². The number of carbonyl (C=O) groups is 3. The number of carbonyl (C=O) groups excluding carboxylic acids is 2. The van der Waals surface area contributed by atoms with Crippen LogP contribution in [0.15, 0.2) is 78.9 Å². The zero-order chi connectivity index (χ0) is 22.9. The Bertz CT molecular complexity index is 1060. The molecule has 3 aromatic carbocycles. The molecule has 0 aromatic heterocycles. The van der Waals surface area contributed by atoms with Crippen molar-refractivity contribution < 1.29 is 24.2 Å². The van der Waals surface area contributed by atoms with Crippen LogP contribution in [0.4, 0.5) is 0 Å². The van der Waals surface area contributed by atoms with Gasteiger partial charge in [-0.25, -0.2) is 4.79 Å². The van der Waals surface area contributed by atoms with Gasteiger partial charge in [0.05, 0.1) is 0 Å². The van der Waals surface area contributed by atoms with E-state index in [1.165, 1.54) is 12.1 Å². The Morgan fingerprint density at radius 3 is 2.06 bits per heavy atom. The minimum Gasteiger partial charge on any atom is -0.489 e. The third-order valence-corrected chi connectivity index (χ3v) is 4.87. The number of benzene rings is 3. The van der Waals surface area contributed by atoms with Crippen molar-refractivity contribution in [2.75, 3.05) is 0 Å². The molecule has 1 atom stereocenters. The van der Waals surface area contributed by atoms with Crippen LogP contribution in [0.1, 0.15) is 27.0 Å². The number of hydrogen-bond acceptors (Lipinski definition) is 5. The summed E-state index contributed by atoms with van der Waals surface area (Å²) in [5, 5.41) is 11.8. The lowest BCUT2D eigenvalue weighted by molar-refractivity contribution is -0.141. The van der Waals surface area contributed by atoms with Crippen molar-refractivity contribution >= 4 is 17.7 Å². The van der Waals surface area contributed by atoms with Gasteiger partial charge in [0.15, 0.2) is 0 Å². The number of amides is 1. The molecule has 0 saturated heterocycles.